The van der Waals surface area contributed by atoms with Gasteiger partial charge in [-0.15, -0.1) is 0 Å². The minimum Gasteiger partial charge on any atom is -0.508 e. The van der Waals surface area contributed by atoms with Crippen molar-refractivity contribution >= 4 is 23.2 Å². The van der Waals surface area contributed by atoms with Crippen LogP contribution in [0.1, 0.15) is 67.2 Å². The molecule has 0 saturated heterocycles. The molecule has 4 unspecified atom stereocenters. The lowest BCUT2D eigenvalue weighted by Gasteiger charge is -2.50. The van der Waals surface area contributed by atoms with Crippen molar-refractivity contribution in [3.8, 4) is 5.75 Å². The van der Waals surface area contributed by atoms with Gasteiger partial charge in [-0.05, 0) is 75.2 Å². The zero-order chi connectivity index (χ0) is 28.4. The number of aryl methyl sites for hydroxylation is 2. The number of aliphatic hydroxyl groups is 3. The minimum absolute atomic E-state index is 0.0700. The molecule has 9 heteroatoms. The summed E-state index contributed by atoms with van der Waals surface area (Å²) in [4.78, 5) is 40.8. The number of ketones is 2. The Kier molecular flexibility index (Phi) is 6.87. The molecule has 1 aromatic rings. The van der Waals surface area contributed by atoms with Gasteiger partial charge in [0.1, 0.15) is 22.8 Å². The summed E-state index contributed by atoms with van der Waals surface area (Å²) < 4.78 is 0. The van der Waals surface area contributed by atoms with E-state index in [1.807, 2.05) is 13.0 Å². The normalized spacial score (nSPS) is 29.4. The van der Waals surface area contributed by atoms with Gasteiger partial charge in [-0.25, -0.2) is 0 Å². The molecule has 1 amide bonds. The standard InChI is InChI=1S/C30H38N2O7/c1-14-11-16(10-9-15-7-5-4-6-8-15)24(33)21-18(14)12-17-13-19-23(32(2)3)26(35)22(29(31)38)28(37)30(19,39)27(36)20(17)25(21)34/h11,15,17,19,23,33-34,37,39H,4-10,12-13H2,1-3H3,(H2,31,38). The van der Waals surface area contributed by atoms with Gasteiger partial charge in [-0.3, -0.25) is 19.3 Å². The highest BCUT2D eigenvalue weighted by molar-refractivity contribution is 6.24. The van der Waals surface area contributed by atoms with Crippen LogP contribution in [0.15, 0.2) is 23.0 Å². The van der Waals surface area contributed by atoms with Crippen molar-refractivity contribution in [2.45, 2.75) is 76.4 Å². The van der Waals surface area contributed by atoms with Crippen molar-refractivity contribution in [3.63, 3.8) is 0 Å². The van der Waals surface area contributed by atoms with E-state index in [0.29, 0.717) is 24.3 Å². The minimum atomic E-state index is -2.62. The lowest BCUT2D eigenvalue weighted by molar-refractivity contribution is -0.153. The van der Waals surface area contributed by atoms with E-state index < -0.39 is 58.0 Å². The Labute approximate surface area is 228 Å². The van der Waals surface area contributed by atoms with E-state index in [4.69, 9.17) is 5.73 Å². The first-order valence-corrected chi connectivity index (χ1v) is 13.9. The number of hydrogen-bond acceptors (Lipinski definition) is 8. The van der Waals surface area contributed by atoms with Crippen molar-refractivity contribution in [1.82, 2.24) is 4.90 Å². The number of phenolic OH excluding ortho intramolecular Hbond substituents is 1. The average molecular weight is 539 g/mol. The Bertz CT molecular complexity index is 1320. The molecule has 2 fully saturated rings. The Morgan fingerprint density at radius 2 is 1.79 bits per heavy atom. The number of nitrogens with zero attached hydrogens (tertiary/aromatic N) is 1. The van der Waals surface area contributed by atoms with Gasteiger partial charge in [0.15, 0.2) is 11.4 Å². The second kappa shape index (κ2) is 9.78. The zero-order valence-electron chi connectivity index (χ0n) is 22.8. The molecule has 4 aliphatic rings. The van der Waals surface area contributed by atoms with Crippen molar-refractivity contribution in [1.29, 1.82) is 0 Å². The van der Waals surface area contributed by atoms with Crippen LogP contribution in [0.2, 0.25) is 0 Å². The van der Waals surface area contributed by atoms with Crippen LogP contribution < -0.4 is 5.73 Å². The molecule has 0 bridgehead atoms. The maximum absolute atomic E-state index is 14.0. The quantitative estimate of drug-likeness (QED) is 0.358. The number of aliphatic hydroxyl groups excluding tert-OH is 2. The Morgan fingerprint density at radius 3 is 2.41 bits per heavy atom. The topological polar surface area (TPSA) is 161 Å². The van der Waals surface area contributed by atoms with Gasteiger partial charge in [0.05, 0.1) is 11.6 Å². The van der Waals surface area contributed by atoms with E-state index in [1.165, 1.54) is 37.0 Å². The molecule has 1 aromatic carbocycles. The number of amides is 1. The van der Waals surface area contributed by atoms with E-state index >= 15 is 0 Å². The number of Topliss-reactive ketones (excluding diaryl/α,β-unsaturated/α-hetero) is 2. The van der Waals surface area contributed by atoms with Gasteiger partial charge >= 0.3 is 0 Å². The highest BCUT2D eigenvalue weighted by Gasteiger charge is 2.64. The van der Waals surface area contributed by atoms with Crippen molar-refractivity contribution in [2.75, 3.05) is 14.1 Å². The summed E-state index contributed by atoms with van der Waals surface area (Å²) in [5, 5.41) is 45.5. The number of hydrogen-bond donors (Lipinski definition) is 5. The predicted octanol–water partition coefficient (Wildman–Crippen LogP) is 2.79. The van der Waals surface area contributed by atoms with E-state index in [1.54, 1.807) is 14.1 Å². The van der Waals surface area contributed by atoms with Crippen LogP contribution in [0.5, 0.6) is 5.75 Å². The van der Waals surface area contributed by atoms with Gasteiger partial charge < -0.3 is 26.2 Å². The molecule has 39 heavy (non-hydrogen) atoms. The summed E-state index contributed by atoms with van der Waals surface area (Å²) in [5.41, 5.74) is 4.35. The maximum Gasteiger partial charge on any atom is 0.255 e. The van der Waals surface area contributed by atoms with Crippen molar-refractivity contribution in [3.05, 3.63) is 45.2 Å². The zero-order valence-corrected chi connectivity index (χ0v) is 22.8. The summed E-state index contributed by atoms with van der Waals surface area (Å²) >= 11 is 0. The molecule has 0 spiro atoms. The average Bonchev–Trinajstić information content (AvgIpc) is 2.87. The van der Waals surface area contributed by atoms with Crippen molar-refractivity contribution < 1.29 is 34.8 Å². The number of carbonyl (C=O) groups excluding carboxylic acids is 3. The number of rotatable bonds is 5. The predicted molar refractivity (Wildman–Crippen MR) is 144 cm³/mol. The molecule has 4 atom stereocenters. The summed E-state index contributed by atoms with van der Waals surface area (Å²) in [5.74, 6) is -5.56. The first-order valence-electron chi connectivity index (χ1n) is 13.9. The van der Waals surface area contributed by atoms with Crippen molar-refractivity contribution in [2.24, 2.45) is 23.5 Å². The van der Waals surface area contributed by atoms with E-state index in [9.17, 15) is 34.8 Å². The van der Waals surface area contributed by atoms with Gasteiger partial charge in [0, 0.05) is 11.5 Å². The second-order valence-corrected chi connectivity index (χ2v) is 12.1. The Morgan fingerprint density at radius 1 is 1.13 bits per heavy atom. The molecule has 9 nitrogen and oxygen atoms in total. The fourth-order valence-electron chi connectivity index (χ4n) is 7.59. The fraction of sp³-hybridized carbons (Fsp3) is 0.567. The van der Waals surface area contributed by atoms with Crippen LogP contribution in [-0.2, 0) is 27.2 Å². The third-order valence-corrected chi connectivity index (χ3v) is 9.57. The number of phenols is 1. The Balaban J connectivity index is 1.60. The molecule has 4 aliphatic carbocycles. The first kappa shape index (κ1) is 27.4. The van der Waals surface area contributed by atoms with E-state index in [-0.39, 0.29) is 23.3 Å². The SMILES string of the molecule is Cc1cc(CCC2CCCCC2)c(O)c2c1CC1CC3C(N(C)C)C(=O)C(C(N)=O)=C(O)C3(O)C(=O)C1=C2O. The number of primary amides is 1. The maximum atomic E-state index is 14.0. The molecule has 2 saturated carbocycles. The fourth-order valence-corrected chi connectivity index (χ4v) is 7.59. The summed E-state index contributed by atoms with van der Waals surface area (Å²) in [6.07, 6.45) is 8.05. The first-order chi connectivity index (χ1) is 18.4. The molecular weight excluding hydrogens is 500 g/mol. The van der Waals surface area contributed by atoms with Gasteiger partial charge in [0.25, 0.3) is 5.91 Å². The number of likely N-dealkylation sites (N-methyl/N-ethyl adjacent to an activating group) is 1. The number of fused-ring (bicyclic) bond motifs is 3. The van der Waals surface area contributed by atoms with Gasteiger partial charge in [-0.1, -0.05) is 38.2 Å². The monoisotopic (exact) mass is 538 g/mol. The van der Waals surface area contributed by atoms with E-state index in [2.05, 4.69) is 0 Å². The van der Waals surface area contributed by atoms with Crippen LogP contribution in [0.25, 0.3) is 5.76 Å². The van der Waals surface area contributed by atoms with Crippen LogP contribution in [0.3, 0.4) is 0 Å². The number of aromatic hydroxyl groups is 1. The summed E-state index contributed by atoms with van der Waals surface area (Å²) in [6.45, 7) is 1.92. The largest absolute Gasteiger partial charge is 0.508 e. The molecule has 210 valence electrons. The highest BCUT2D eigenvalue weighted by atomic mass is 16.3. The van der Waals surface area contributed by atoms with Crippen LogP contribution in [0, 0.1) is 24.7 Å². The third kappa shape index (κ3) is 4.09. The number of nitrogens with two attached hydrogens (primary N) is 1. The van der Waals surface area contributed by atoms with Crippen LogP contribution in [0.4, 0.5) is 0 Å². The number of carbonyl (C=O) groups is 3. The molecule has 0 radical (unpaired) electrons. The summed E-state index contributed by atoms with van der Waals surface area (Å²) in [6, 6.07) is 0.871. The van der Waals surface area contributed by atoms with Gasteiger partial charge in [0.2, 0.25) is 5.78 Å². The lowest BCUT2D eigenvalue weighted by Crippen LogP contribution is -2.65. The van der Waals surface area contributed by atoms with Crippen LogP contribution in [-0.4, -0.2) is 68.5 Å². The molecule has 6 N–H and O–H groups in total. The molecular formula is C30H38N2O7. The molecule has 0 aromatic heterocycles. The summed E-state index contributed by atoms with van der Waals surface area (Å²) in [7, 11) is 3.18. The van der Waals surface area contributed by atoms with E-state index in [0.717, 1.165) is 17.5 Å². The smallest absolute Gasteiger partial charge is 0.255 e. The van der Waals surface area contributed by atoms with Crippen LogP contribution >= 0.6 is 0 Å². The number of benzene rings is 1. The lowest BCUT2D eigenvalue weighted by atomic mass is 9.57. The Hall–Kier alpha value is -3.17. The highest BCUT2D eigenvalue weighted by Crippen LogP contribution is 2.53. The molecule has 0 aliphatic heterocycles. The van der Waals surface area contributed by atoms with Gasteiger partial charge in [-0.2, -0.15) is 0 Å². The second-order valence-electron chi connectivity index (χ2n) is 12.1. The molecule has 0 heterocycles. The third-order valence-electron chi connectivity index (χ3n) is 9.57. The molecule has 5 rings (SSSR count).